The summed E-state index contributed by atoms with van der Waals surface area (Å²) in [4.78, 5) is 14.5. The number of aromatic amines is 1. The van der Waals surface area contributed by atoms with Crippen molar-refractivity contribution >= 4 is 5.91 Å². The summed E-state index contributed by atoms with van der Waals surface area (Å²) in [6.07, 6.45) is 7.79. The molecule has 0 unspecified atom stereocenters. The van der Waals surface area contributed by atoms with E-state index in [9.17, 15) is 4.79 Å². The van der Waals surface area contributed by atoms with E-state index in [1.165, 1.54) is 24.1 Å². The maximum absolute atomic E-state index is 12.8. The van der Waals surface area contributed by atoms with E-state index >= 15 is 0 Å². The van der Waals surface area contributed by atoms with Crippen LogP contribution in [0, 0.1) is 0 Å². The molecule has 1 aliphatic carbocycles. The highest BCUT2D eigenvalue weighted by atomic mass is 16.5. The van der Waals surface area contributed by atoms with E-state index in [1.54, 1.807) is 36.1 Å². The molecule has 27 heavy (non-hydrogen) atoms. The summed E-state index contributed by atoms with van der Waals surface area (Å²) in [6.45, 7) is 0.491. The lowest BCUT2D eigenvalue weighted by Crippen LogP contribution is -2.26. The fourth-order valence-electron chi connectivity index (χ4n) is 3.58. The van der Waals surface area contributed by atoms with Crippen molar-refractivity contribution in [3.8, 4) is 11.4 Å². The van der Waals surface area contributed by atoms with Crippen molar-refractivity contribution in [3.63, 3.8) is 0 Å². The smallest absolute Gasteiger partial charge is 0.257 e. The summed E-state index contributed by atoms with van der Waals surface area (Å²) in [5, 5.41) is 11.9. The number of ether oxygens (including phenoxy) is 1. The number of nitrogens with one attached hydrogen (secondary N) is 1. The lowest BCUT2D eigenvalue weighted by Gasteiger charge is -2.17. The molecule has 7 heteroatoms. The van der Waals surface area contributed by atoms with Crippen LogP contribution < -0.4 is 4.74 Å². The van der Waals surface area contributed by atoms with Gasteiger partial charge in [-0.3, -0.25) is 9.89 Å². The summed E-state index contributed by atoms with van der Waals surface area (Å²) in [5.74, 6) is 0.625. The first kappa shape index (κ1) is 17.3. The lowest BCUT2D eigenvalue weighted by molar-refractivity contribution is 0.0783. The molecular weight excluding hydrogens is 342 g/mol. The van der Waals surface area contributed by atoms with Gasteiger partial charge in [0.25, 0.3) is 5.91 Å². The van der Waals surface area contributed by atoms with Gasteiger partial charge in [-0.25, -0.2) is 4.68 Å². The molecule has 0 saturated carbocycles. The summed E-state index contributed by atoms with van der Waals surface area (Å²) < 4.78 is 7.03. The standard InChI is InChI=1S/C20H23N5O2/c1-24(13-17-15-7-3-4-8-16(15)22-23-17)20(26)14-11-21-25(12-14)18-9-5-6-10-19(18)27-2/h5-6,9-12H,3-4,7-8,13H2,1-2H3,(H,22,23). The Morgan fingerprint density at radius 1 is 1.30 bits per heavy atom. The number of benzene rings is 1. The van der Waals surface area contributed by atoms with Crippen LogP contribution in [0.2, 0.25) is 0 Å². The molecule has 2 heterocycles. The van der Waals surface area contributed by atoms with Crippen molar-refractivity contribution < 1.29 is 9.53 Å². The van der Waals surface area contributed by atoms with Crippen molar-refractivity contribution in [2.45, 2.75) is 32.2 Å². The number of carbonyl (C=O) groups is 1. The Bertz CT molecular complexity index is 959. The van der Waals surface area contributed by atoms with Crippen LogP contribution in [0.5, 0.6) is 5.75 Å². The zero-order chi connectivity index (χ0) is 18.8. The van der Waals surface area contributed by atoms with Gasteiger partial charge >= 0.3 is 0 Å². The first-order chi connectivity index (χ1) is 13.2. The van der Waals surface area contributed by atoms with Crippen LogP contribution in [-0.4, -0.2) is 44.9 Å². The predicted molar refractivity (Wildman–Crippen MR) is 101 cm³/mol. The highest BCUT2D eigenvalue weighted by molar-refractivity contribution is 5.93. The Morgan fingerprint density at radius 3 is 2.96 bits per heavy atom. The van der Waals surface area contributed by atoms with Gasteiger partial charge in [0.2, 0.25) is 0 Å². The number of fused-ring (bicyclic) bond motifs is 1. The number of rotatable bonds is 5. The van der Waals surface area contributed by atoms with Crippen LogP contribution in [0.1, 0.15) is 40.2 Å². The topological polar surface area (TPSA) is 76.0 Å². The highest BCUT2D eigenvalue weighted by Crippen LogP contribution is 2.24. The van der Waals surface area contributed by atoms with Gasteiger partial charge in [0.1, 0.15) is 11.4 Å². The zero-order valence-corrected chi connectivity index (χ0v) is 15.6. The Hall–Kier alpha value is -3.09. The highest BCUT2D eigenvalue weighted by Gasteiger charge is 2.21. The van der Waals surface area contributed by atoms with Gasteiger partial charge in [-0.15, -0.1) is 0 Å². The Kier molecular flexibility index (Phi) is 4.66. The first-order valence-corrected chi connectivity index (χ1v) is 9.16. The third-order valence-corrected chi connectivity index (χ3v) is 5.04. The largest absolute Gasteiger partial charge is 0.494 e. The number of hydrogen-bond acceptors (Lipinski definition) is 4. The maximum atomic E-state index is 12.8. The van der Waals surface area contributed by atoms with Crippen LogP contribution in [-0.2, 0) is 19.4 Å². The van der Waals surface area contributed by atoms with Crippen LogP contribution in [0.15, 0.2) is 36.7 Å². The van der Waals surface area contributed by atoms with Crippen LogP contribution in [0.25, 0.3) is 5.69 Å². The second kappa shape index (κ2) is 7.26. The molecule has 0 bridgehead atoms. The molecule has 4 rings (SSSR count). The summed E-state index contributed by atoms with van der Waals surface area (Å²) in [5.41, 5.74) is 4.81. The number of carbonyl (C=O) groups excluding carboxylic acids is 1. The third kappa shape index (κ3) is 3.32. The van der Waals surface area contributed by atoms with Crippen LogP contribution in [0.4, 0.5) is 0 Å². The van der Waals surface area contributed by atoms with Gasteiger partial charge in [-0.1, -0.05) is 12.1 Å². The zero-order valence-electron chi connectivity index (χ0n) is 15.6. The molecule has 0 spiro atoms. The number of nitrogens with zero attached hydrogens (tertiary/aromatic N) is 4. The molecule has 0 atom stereocenters. The van der Waals surface area contributed by atoms with E-state index in [0.29, 0.717) is 17.9 Å². The SMILES string of the molecule is COc1ccccc1-n1cc(C(=O)N(C)Cc2n[nH]c3c2CCCC3)cn1. The molecule has 0 fully saturated rings. The van der Waals surface area contributed by atoms with Gasteiger partial charge in [0, 0.05) is 18.9 Å². The van der Waals surface area contributed by atoms with Gasteiger partial charge in [-0.05, 0) is 43.4 Å². The lowest BCUT2D eigenvalue weighted by atomic mass is 9.96. The van der Waals surface area contributed by atoms with Crippen molar-refractivity contribution in [1.82, 2.24) is 24.9 Å². The number of aromatic nitrogens is 4. The molecule has 0 radical (unpaired) electrons. The normalized spacial score (nSPS) is 13.3. The van der Waals surface area contributed by atoms with Gasteiger partial charge in [0.15, 0.2) is 0 Å². The van der Waals surface area contributed by atoms with Crippen molar-refractivity contribution in [1.29, 1.82) is 0 Å². The van der Waals surface area contributed by atoms with Gasteiger partial charge in [-0.2, -0.15) is 10.2 Å². The van der Waals surface area contributed by atoms with Crippen LogP contribution in [0.3, 0.4) is 0 Å². The Morgan fingerprint density at radius 2 is 2.11 bits per heavy atom. The van der Waals surface area contributed by atoms with E-state index in [4.69, 9.17) is 4.74 Å². The summed E-state index contributed by atoms with van der Waals surface area (Å²) >= 11 is 0. The van der Waals surface area contributed by atoms with Gasteiger partial charge in [0.05, 0.1) is 31.1 Å². The quantitative estimate of drug-likeness (QED) is 0.754. The summed E-state index contributed by atoms with van der Waals surface area (Å²) in [6, 6.07) is 7.58. The average Bonchev–Trinajstić information content (AvgIpc) is 3.35. The molecule has 1 amide bonds. The first-order valence-electron chi connectivity index (χ1n) is 9.16. The number of H-pyrrole nitrogens is 1. The minimum atomic E-state index is -0.0799. The molecule has 0 saturated heterocycles. The number of methoxy groups -OCH3 is 1. The van der Waals surface area contributed by atoms with E-state index in [2.05, 4.69) is 15.3 Å². The van der Waals surface area contributed by atoms with E-state index in [-0.39, 0.29) is 5.91 Å². The Balaban J connectivity index is 1.51. The van der Waals surface area contributed by atoms with Crippen molar-refractivity contribution in [3.05, 3.63) is 59.2 Å². The second-order valence-corrected chi connectivity index (χ2v) is 6.84. The van der Waals surface area contributed by atoms with E-state index in [1.807, 2.05) is 24.3 Å². The molecule has 2 aromatic heterocycles. The fourth-order valence-corrected chi connectivity index (χ4v) is 3.58. The number of amides is 1. The predicted octanol–water partition coefficient (Wildman–Crippen LogP) is 2.76. The number of para-hydroxylation sites is 2. The van der Waals surface area contributed by atoms with E-state index in [0.717, 1.165) is 24.2 Å². The molecule has 1 N–H and O–H groups in total. The molecule has 1 aromatic carbocycles. The number of aryl methyl sites for hydroxylation is 1. The molecule has 1 aliphatic rings. The minimum absolute atomic E-state index is 0.0799. The molecule has 140 valence electrons. The second-order valence-electron chi connectivity index (χ2n) is 6.84. The summed E-state index contributed by atoms with van der Waals surface area (Å²) in [7, 11) is 3.42. The maximum Gasteiger partial charge on any atom is 0.257 e. The van der Waals surface area contributed by atoms with Crippen LogP contribution >= 0.6 is 0 Å². The van der Waals surface area contributed by atoms with Gasteiger partial charge < -0.3 is 9.64 Å². The minimum Gasteiger partial charge on any atom is -0.494 e. The fraction of sp³-hybridized carbons (Fsp3) is 0.350. The Labute approximate surface area is 157 Å². The molecule has 0 aliphatic heterocycles. The van der Waals surface area contributed by atoms with E-state index < -0.39 is 0 Å². The van der Waals surface area contributed by atoms with Crippen molar-refractivity contribution in [2.75, 3.05) is 14.2 Å². The average molecular weight is 365 g/mol. The molecule has 3 aromatic rings. The van der Waals surface area contributed by atoms with Crippen molar-refractivity contribution in [2.24, 2.45) is 0 Å². The molecule has 7 nitrogen and oxygen atoms in total. The third-order valence-electron chi connectivity index (χ3n) is 5.04. The monoisotopic (exact) mass is 365 g/mol. The molecular formula is C20H23N5O2. The number of hydrogen-bond donors (Lipinski definition) is 1.